The molecular formula is C21H25N3O2S2. The van der Waals surface area contributed by atoms with Gasteiger partial charge in [0.15, 0.2) is 5.13 Å². The summed E-state index contributed by atoms with van der Waals surface area (Å²) in [5, 5.41) is 5.98. The van der Waals surface area contributed by atoms with Gasteiger partial charge >= 0.3 is 0 Å². The summed E-state index contributed by atoms with van der Waals surface area (Å²) in [5.41, 5.74) is 2.53. The Labute approximate surface area is 171 Å². The number of nitrogens with zero attached hydrogens (tertiary/aromatic N) is 2. The molecule has 0 atom stereocenters. The van der Waals surface area contributed by atoms with Crippen LogP contribution in [0.2, 0.25) is 0 Å². The maximum absolute atomic E-state index is 13.0. The highest BCUT2D eigenvalue weighted by molar-refractivity contribution is 7.89. The number of para-hydroxylation sites is 1. The first kappa shape index (κ1) is 20.5. The fourth-order valence-corrected chi connectivity index (χ4v) is 5.33. The number of aromatic nitrogens is 1. The minimum Gasteiger partial charge on any atom is -0.332 e. The molecule has 0 unspecified atom stereocenters. The maximum Gasteiger partial charge on any atom is 0.243 e. The van der Waals surface area contributed by atoms with Crippen molar-refractivity contribution in [3.8, 4) is 11.3 Å². The van der Waals surface area contributed by atoms with Gasteiger partial charge in [0, 0.05) is 29.7 Å². The molecule has 5 nitrogen and oxygen atoms in total. The fourth-order valence-electron chi connectivity index (χ4n) is 2.92. The molecule has 1 N–H and O–H groups in total. The zero-order valence-electron chi connectivity index (χ0n) is 16.1. The van der Waals surface area contributed by atoms with Crippen LogP contribution in [0.15, 0.2) is 64.9 Å². The zero-order valence-corrected chi connectivity index (χ0v) is 17.8. The van der Waals surface area contributed by atoms with Crippen molar-refractivity contribution in [3.05, 3.63) is 60.0 Å². The monoisotopic (exact) mass is 415 g/mol. The van der Waals surface area contributed by atoms with E-state index in [1.54, 1.807) is 22.5 Å². The van der Waals surface area contributed by atoms with Gasteiger partial charge in [-0.2, -0.15) is 4.31 Å². The first-order valence-corrected chi connectivity index (χ1v) is 11.7. The van der Waals surface area contributed by atoms with Gasteiger partial charge in [0.05, 0.1) is 10.6 Å². The summed E-state index contributed by atoms with van der Waals surface area (Å²) < 4.78 is 27.6. The van der Waals surface area contributed by atoms with Crippen molar-refractivity contribution in [1.29, 1.82) is 0 Å². The lowest BCUT2D eigenvalue weighted by atomic mass is 10.2. The highest BCUT2D eigenvalue weighted by Gasteiger charge is 2.23. The molecule has 0 saturated heterocycles. The Balaban J connectivity index is 1.85. The molecule has 0 aliphatic rings. The standard InChI is InChI=1S/C21H25N3O2S2/c1-3-13-24(14-4-2)28(25,26)19-12-8-9-17(15-19)20-16-27-21(23-20)22-18-10-6-5-7-11-18/h5-12,15-16H,3-4,13-14H2,1-2H3,(H,22,23). The van der Waals surface area contributed by atoms with Crippen LogP contribution in [0.3, 0.4) is 0 Å². The van der Waals surface area contributed by atoms with Gasteiger partial charge in [0.2, 0.25) is 10.0 Å². The second-order valence-electron chi connectivity index (χ2n) is 6.46. The van der Waals surface area contributed by atoms with Gasteiger partial charge in [0.25, 0.3) is 0 Å². The van der Waals surface area contributed by atoms with E-state index in [9.17, 15) is 8.42 Å². The molecule has 0 radical (unpaired) electrons. The number of nitrogens with one attached hydrogen (secondary N) is 1. The van der Waals surface area contributed by atoms with Crippen molar-refractivity contribution in [2.24, 2.45) is 0 Å². The van der Waals surface area contributed by atoms with Crippen LogP contribution in [-0.4, -0.2) is 30.8 Å². The van der Waals surface area contributed by atoms with Gasteiger partial charge in [-0.25, -0.2) is 13.4 Å². The lowest BCUT2D eigenvalue weighted by Crippen LogP contribution is -2.32. The maximum atomic E-state index is 13.0. The summed E-state index contributed by atoms with van der Waals surface area (Å²) in [6.07, 6.45) is 1.58. The molecule has 7 heteroatoms. The molecule has 0 bridgehead atoms. The van der Waals surface area contributed by atoms with Crippen LogP contribution >= 0.6 is 11.3 Å². The van der Waals surface area contributed by atoms with Crippen LogP contribution in [0.1, 0.15) is 26.7 Å². The van der Waals surface area contributed by atoms with Crippen molar-refractivity contribution >= 4 is 32.2 Å². The number of sulfonamides is 1. The average molecular weight is 416 g/mol. The third kappa shape index (κ3) is 4.79. The van der Waals surface area contributed by atoms with Crippen molar-refractivity contribution in [2.75, 3.05) is 18.4 Å². The number of hydrogen-bond acceptors (Lipinski definition) is 5. The van der Waals surface area contributed by atoms with E-state index in [-0.39, 0.29) is 0 Å². The molecule has 0 aliphatic carbocycles. The van der Waals surface area contributed by atoms with E-state index in [2.05, 4.69) is 10.3 Å². The molecular weight excluding hydrogens is 390 g/mol. The van der Waals surface area contributed by atoms with E-state index in [0.717, 1.165) is 34.9 Å². The van der Waals surface area contributed by atoms with E-state index < -0.39 is 10.0 Å². The van der Waals surface area contributed by atoms with E-state index >= 15 is 0 Å². The minimum absolute atomic E-state index is 0.317. The van der Waals surface area contributed by atoms with Gasteiger partial charge in [-0.1, -0.05) is 44.2 Å². The van der Waals surface area contributed by atoms with Crippen LogP contribution in [-0.2, 0) is 10.0 Å². The molecule has 0 amide bonds. The minimum atomic E-state index is -3.50. The van der Waals surface area contributed by atoms with Crippen molar-refractivity contribution in [3.63, 3.8) is 0 Å². The molecule has 0 aliphatic heterocycles. The predicted octanol–water partition coefficient (Wildman–Crippen LogP) is 5.36. The molecule has 0 spiro atoms. The van der Waals surface area contributed by atoms with Gasteiger partial charge in [-0.3, -0.25) is 0 Å². The van der Waals surface area contributed by atoms with Crippen LogP contribution in [0.4, 0.5) is 10.8 Å². The Bertz CT molecular complexity index is 995. The third-order valence-electron chi connectivity index (χ3n) is 4.24. The Hall–Kier alpha value is -2.22. The molecule has 2 aromatic carbocycles. The second kappa shape index (κ2) is 9.32. The second-order valence-corrected chi connectivity index (χ2v) is 9.26. The van der Waals surface area contributed by atoms with Gasteiger partial charge in [-0.15, -0.1) is 11.3 Å². The lowest BCUT2D eigenvalue weighted by molar-refractivity contribution is 0.410. The van der Waals surface area contributed by atoms with Crippen LogP contribution < -0.4 is 5.32 Å². The van der Waals surface area contributed by atoms with Gasteiger partial charge in [-0.05, 0) is 37.1 Å². The first-order chi connectivity index (χ1) is 13.5. The largest absolute Gasteiger partial charge is 0.332 e. The molecule has 28 heavy (non-hydrogen) atoms. The smallest absolute Gasteiger partial charge is 0.243 e. The fraction of sp³-hybridized carbons (Fsp3) is 0.286. The first-order valence-electron chi connectivity index (χ1n) is 9.42. The highest BCUT2D eigenvalue weighted by atomic mass is 32.2. The summed E-state index contributed by atoms with van der Waals surface area (Å²) in [6.45, 7) is 5.04. The number of benzene rings is 2. The SMILES string of the molecule is CCCN(CCC)S(=O)(=O)c1cccc(-c2csc(Nc3ccccc3)n2)c1. The summed E-state index contributed by atoms with van der Waals surface area (Å²) in [4.78, 5) is 4.93. The predicted molar refractivity (Wildman–Crippen MR) is 117 cm³/mol. The van der Waals surface area contributed by atoms with Gasteiger partial charge < -0.3 is 5.32 Å². The Morgan fingerprint density at radius 2 is 1.71 bits per heavy atom. The Morgan fingerprint density at radius 3 is 2.39 bits per heavy atom. The third-order valence-corrected chi connectivity index (χ3v) is 6.90. The summed E-state index contributed by atoms with van der Waals surface area (Å²) in [6, 6.07) is 16.9. The molecule has 0 saturated carbocycles. The molecule has 3 rings (SSSR count). The molecule has 0 fully saturated rings. The highest BCUT2D eigenvalue weighted by Crippen LogP contribution is 2.29. The van der Waals surface area contributed by atoms with Crippen LogP contribution in [0.5, 0.6) is 0 Å². The Morgan fingerprint density at radius 1 is 1.00 bits per heavy atom. The van der Waals surface area contributed by atoms with E-state index in [4.69, 9.17) is 0 Å². The average Bonchev–Trinajstić information content (AvgIpc) is 3.17. The lowest BCUT2D eigenvalue weighted by Gasteiger charge is -2.21. The summed E-state index contributed by atoms with van der Waals surface area (Å²) >= 11 is 1.49. The van der Waals surface area contributed by atoms with Gasteiger partial charge in [0.1, 0.15) is 0 Å². The van der Waals surface area contributed by atoms with E-state index in [1.165, 1.54) is 11.3 Å². The number of thiazole rings is 1. The molecule has 1 heterocycles. The quantitative estimate of drug-likeness (QED) is 0.511. The number of rotatable bonds is 9. The summed E-state index contributed by atoms with van der Waals surface area (Å²) in [5.74, 6) is 0. The topological polar surface area (TPSA) is 62.3 Å². The molecule has 3 aromatic rings. The number of anilines is 2. The number of hydrogen-bond donors (Lipinski definition) is 1. The van der Waals surface area contributed by atoms with Crippen LogP contribution in [0.25, 0.3) is 11.3 Å². The normalized spacial score (nSPS) is 11.7. The Kier molecular flexibility index (Phi) is 6.83. The van der Waals surface area contributed by atoms with E-state index in [1.807, 2.05) is 55.6 Å². The van der Waals surface area contributed by atoms with Crippen molar-refractivity contribution < 1.29 is 8.42 Å². The summed E-state index contributed by atoms with van der Waals surface area (Å²) in [7, 11) is -3.50. The van der Waals surface area contributed by atoms with E-state index in [0.29, 0.717) is 18.0 Å². The van der Waals surface area contributed by atoms with Crippen molar-refractivity contribution in [2.45, 2.75) is 31.6 Å². The van der Waals surface area contributed by atoms with Crippen LogP contribution in [0, 0.1) is 0 Å². The zero-order chi connectivity index (χ0) is 20.0. The molecule has 1 aromatic heterocycles. The van der Waals surface area contributed by atoms with Crippen molar-refractivity contribution in [1.82, 2.24) is 9.29 Å². The molecule has 148 valence electrons.